The van der Waals surface area contributed by atoms with Gasteiger partial charge in [-0.25, -0.2) is 9.97 Å². The Morgan fingerprint density at radius 3 is 2.10 bits per heavy atom. The summed E-state index contributed by atoms with van der Waals surface area (Å²) in [4.78, 5) is 10.4. The highest BCUT2D eigenvalue weighted by atomic mass is 16.3. The molecule has 0 saturated carbocycles. The van der Waals surface area contributed by atoms with E-state index in [9.17, 15) is 0 Å². The maximum Gasteiger partial charge on any atom is 0.235 e. The minimum absolute atomic E-state index is 0.702. The van der Waals surface area contributed by atoms with Crippen LogP contribution in [0.3, 0.4) is 0 Å². The zero-order valence-corrected chi connectivity index (χ0v) is 21.7. The van der Waals surface area contributed by atoms with Gasteiger partial charge in [0.15, 0.2) is 0 Å². The Balaban J connectivity index is 1.37. The highest BCUT2D eigenvalue weighted by molar-refractivity contribution is 6.27. The van der Waals surface area contributed by atoms with Crippen molar-refractivity contribution in [3.8, 4) is 17.2 Å². The van der Waals surface area contributed by atoms with Crippen LogP contribution in [0.1, 0.15) is 22.3 Å². The van der Waals surface area contributed by atoms with E-state index in [0.717, 1.165) is 70.0 Å². The Hall–Kier alpha value is -4.96. The van der Waals surface area contributed by atoms with Crippen molar-refractivity contribution >= 4 is 54.6 Å². The van der Waals surface area contributed by atoms with Gasteiger partial charge in [-0.15, -0.1) is 0 Å². The quantitative estimate of drug-likeness (QED) is 0.233. The molecule has 0 bridgehead atoms. The monoisotopic (exact) mass is 513 g/mol. The normalized spacial score (nSPS) is 14.1. The fraction of sp³-hybridized carbons (Fsp3) is 0.111. The molecule has 8 aromatic rings. The van der Waals surface area contributed by atoms with Gasteiger partial charge >= 0.3 is 0 Å². The minimum Gasteiger partial charge on any atom is -0.456 e. The summed E-state index contributed by atoms with van der Waals surface area (Å²) in [7, 11) is 0. The third kappa shape index (κ3) is 2.65. The van der Waals surface area contributed by atoms with Crippen LogP contribution in [0.4, 0.5) is 0 Å². The van der Waals surface area contributed by atoms with E-state index in [2.05, 4.69) is 89.5 Å². The van der Waals surface area contributed by atoms with E-state index in [0.29, 0.717) is 5.95 Å². The Labute approximate surface area is 229 Å². The molecule has 4 heteroatoms. The maximum atomic E-state index is 6.46. The summed E-state index contributed by atoms with van der Waals surface area (Å²) in [6, 6.07) is 32.5. The summed E-state index contributed by atoms with van der Waals surface area (Å²) < 4.78 is 8.74. The largest absolute Gasteiger partial charge is 0.456 e. The zero-order chi connectivity index (χ0) is 25.9. The lowest BCUT2D eigenvalue weighted by Crippen LogP contribution is -2.08. The Kier molecular flexibility index (Phi) is 3.85. The number of nitrogens with zero attached hydrogens (tertiary/aromatic N) is 3. The van der Waals surface area contributed by atoms with Crippen molar-refractivity contribution in [3.05, 3.63) is 113 Å². The van der Waals surface area contributed by atoms with Crippen molar-refractivity contribution in [1.29, 1.82) is 0 Å². The van der Waals surface area contributed by atoms with Gasteiger partial charge in [0.2, 0.25) is 5.95 Å². The number of fused-ring (bicyclic) bond motifs is 10. The molecule has 0 unspecified atom stereocenters. The molecule has 5 aromatic carbocycles. The molecule has 0 N–H and O–H groups in total. The SMILES string of the molecule is c1ccc(-c2nc(-n3c4cc5c(cc4c4c6c(ccc43)oc3cc4c(cc36)CC4)CC5)nc3ccccc23)cc1. The molecule has 0 atom stereocenters. The summed E-state index contributed by atoms with van der Waals surface area (Å²) in [5.41, 5.74) is 12.9. The first-order valence-corrected chi connectivity index (χ1v) is 14.1. The number of furan rings is 1. The average molecular weight is 514 g/mol. The molecule has 4 nitrogen and oxygen atoms in total. The molecule has 2 aliphatic rings. The van der Waals surface area contributed by atoms with Gasteiger partial charge in [0.25, 0.3) is 0 Å². The highest BCUT2D eigenvalue weighted by Crippen LogP contribution is 2.44. The van der Waals surface area contributed by atoms with Gasteiger partial charge in [-0.05, 0) is 90.4 Å². The molecular weight excluding hydrogens is 490 g/mol. The Morgan fingerprint density at radius 1 is 0.550 bits per heavy atom. The molecule has 0 radical (unpaired) electrons. The molecule has 2 aliphatic carbocycles. The summed E-state index contributed by atoms with van der Waals surface area (Å²) in [6.07, 6.45) is 4.55. The number of hydrogen-bond donors (Lipinski definition) is 0. The zero-order valence-electron chi connectivity index (χ0n) is 21.7. The second-order valence-corrected chi connectivity index (χ2v) is 11.3. The van der Waals surface area contributed by atoms with Crippen molar-refractivity contribution < 1.29 is 4.42 Å². The third-order valence-electron chi connectivity index (χ3n) is 9.17. The lowest BCUT2D eigenvalue weighted by atomic mass is 9.86. The molecule has 0 amide bonds. The molecule has 0 aliphatic heterocycles. The molecule has 10 rings (SSSR count). The topological polar surface area (TPSA) is 43.9 Å². The van der Waals surface area contributed by atoms with Crippen LogP contribution in [0.15, 0.2) is 95.4 Å². The van der Waals surface area contributed by atoms with Crippen LogP contribution in [-0.2, 0) is 25.7 Å². The van der Waals surface area contributed by atoms with Gasteiger partial charge in [0.1, 0.15) is 11.2 Å². The fourth-order valence-corrected chi connectivity index (χ4v) is 6.95. The standard InChI is InChI=1S/C36H23N3O/c1-2-6-20(7-3-1)35-25-8-4-5-9-28(25)37-36(38-35)39-29-14-15-31-34(27-17-22-11-13-24(22)19-32(27)40-31)33(29)26-16-21-10-12-23(21)18-30(26)39/h1-9,14-19H,10-13H2. The first-order chi connectivity index (χ1) is 19.8. The molecule has 0 saturated heterocycles. The molecular formula is C36H23N3O. The maximum absolute atomic E-state index is 6.46. The van der Waals surface area contributed by atoms with Gasteiger partial charge < -0.3 is 4.42 Å². The van der Waals surface area contributed by atoms with Crippen molar-refractivity contribution in [1.82, 2.24) is 14.5 Å². The van der Waals surface area contributed by atoms with Crippen molar-refractivity contribution in [3.63, 3.8) is 0 Å². The summed E-state index contributed by atoms with van der Waals surface area (Å²) >= 11 is 0. The van der Waals surface area contributed by atoms with Crippen molar-refractivity contribution in [2.24, 2.45) is 0 Å². The fourth-order valence-electron chi connectivity index (χ4n) is 6.95. The van der Waals surface area contributed by atoms with Gasteiger partial charge in [0, 0.05) is 32.5 Å². The smallest absolute Gasteiger partial charge is 0.235 e. The summed E-state index contributed by atoms with van der Waals surface area (Å²) in [5.74, 6) is 0.702. The van der Waals surface area contributed by atoms with Crippen LogP contribution < -0.4 is 0 Å². The van der Waals surface area contributed by atoms with E-state index < -0.39 is 0 Å². The van der Waals surface area contributed by atoms with Crippen LogP contribution in [0, 0.1) is 0 Å². The Morgan fingerprint density at radius 2 is 1.27 bits per heavy atom. The highest BCUT2D eigenvalue weighted by Gasteiger charge is 2.25. The summed E-state index contributed by atoms with van der Waals surface area (Å²) in [6.45, 7) is 0. The number of benzene rings is 5. The molecule has 3 heterocycles. The van der Waals surface area contributed by atoms with E-state index >= 15 is 0 Å². The molecule has 188 valence electrons. The van der Waals surface area contributed by atoms with Crippen molar-refractivity contribution in [2.75, 3.05) is 0 Å². The first kappa shape index (κ1) is 20.9. The van der Waals surface area contributed by atoms with Crippen LogP contribution in [0.5, 0.6) is 0 Å². The molecule has 0 fully saturated rings. The van der Waals surface area contributed by atoms with Crippen LogP contribution in [0.2, 0.25) is 0 Å². The van der Waals surface area contributed by atoms with Gasteiger partial charge in [0.05, 0.1) is 22.2 Å². The second-order valence-electron chi connectivity index (χ2n) is 11.3. The minimum atomic E-state index is 0.702. The van der Waals surface area contributed by atoms with Gasteiger partial charge in [-0.1, -0.05) is 48.5 Å². The van der Waals surface area contributed by atoms with Crippen LogP contribution in [0.25, 0.3) is 71.9 Å². The third-order valence-corrected chi connectivity index (χ3v) is 9.17. The van der Waals surface area contributed by atoms with E-state index in [4.69, 9.17) is 14.4 Å². The number of aryl methyl sites for hydroxylation is 4. The first-order valence-electron chi connectivity index (χ1n) is 14.1. The van der Waals surface area contributed by atoms with Crippen LogP contribution in [-0.4, -0.2) is 14.5 Å². The van der Waals surface area contributed by atoms with Crippen LogP contribution >= 0.6 is 0 Å². The van der Waals surface area contributed by atoms with Gasteiger partial charge in [-0.2, -0.15) is 0 Å². The van der Waals surface area contributed by atoms with E-state index in [1.165, 1.54) is 43.8 Å². The summed E-state index contributed by atoms with van der Waals surface area (Å²) in [5, 5.41) is 5.96. The van der Waals surface area contributed by atoms with Crippen molar-refractivity contribution in [2.45, 2.75) is 25.7 Å². The predicted octanol–water partition coefficient (Wildman–Crippen LogP) is 8.49. The lowest BCUT2D eigenvalue weighted by molar-refractivity contribution is 0.666. The number of rotatable bonds is 2. The molecule has 40 heavy (non-hydrogen) atoms. The van der Waals surface area contributed by atoms with E-state index in [1.54, 1.807) is 0 Å². The Bertz CT molecular complexity index is 2380. The molecule has 3 aromatic heterocycles. The number of para-hydroxylation sites is 1. The van der Waals surface area contributed by atoms with E-state index in [-0.39, 0.29) is 0 Å². The average Bonchev–Trinajstić information content (AvgIpc) is 3.49. The predicted molar refractivity (Wildman–Crippen MR) is 161 cm³/mol. The second kappa shape index (κ2) is 7.36. The number of aromatic nitrogens is 3. The number of hydrogen-bond acceptors (Lipinski definition) is 3. The lowest BCUT2D eigenvalue weighted by Gasteiger charge is -2.19. The molecule has 0 spiro atoms. The van der Waals surface area contributed by atoms with E-state index in [1.807, 2.05) is 6.07 Å². The van der Waals surface area contributed by atoms with Gasteiger partial charge in [-0.3, -0.25) is 4.57 Å².